The molecule has 4 rings (SSSR count). The van der Waals surface area contributed by atoms with Gasteiger partial charge < -0.3 is 14.5 Å². The van der Waals surface area contributed by atoms with Crippen LogP contribution in [0.3, 0.4) is 0 Å². The molecular formula is C23H26F4N4O. The average molecular weight is 450 g/mol. The first-order valence-electron chi connectivity index (χ1n) is 10.7. The van der Waals surface area contributed by atoms with E-state index in [1.165, 1.54) is 6.07 Å². The molecule has 0 unspecified atom stereocenters. The van der Waals surface area contributed by atoms with Gasteiger partial charge in [0.1, 0.15) is 0 Å². The van der Waals surface area contributed by atoms with Crippen LogP contribution in [0.1, 0.15) is 24.8 Å². The first-order valence-corrected chi connectivity index (χ1v) is 10.7. The molecule has 0 radical (unpaired) electrons. The molecule has 0 atom stereocenters. The van der Waals surface area contributed by atoms with Crippen LogP contribution in [-0.4, -0.2) is 67.9 Å². The quantitative estimate of drug-likeness (QED) is 0.620. The summed E-state index contributed by atoms with van der Waals surface area (Å²) in [6, 6.07) is 4.12. The van der Waals surface area contributed by atoms with E-state index in [1.807, 2.05) is 19.2 Å². The molecule has 0 amide bonds. The number of likely N-dealkylation sites (N-methyl/N-ethyl adjacent to an activating group) is 1. The Balaban J connectivity index is 1.54. The number of hydrogen-bond donors (Lipinski definition) is 0. The second-order valence-corrected chi connectivity index (χ2v) is 8.54. The van der Waals surface area contributed by atoms with Crippen LogP contribution in [0, 0.1) is 11.7 Å². The van der Waals surface area contributed by atoms with Gasteiger partial charge in [0.2, 0.25) is 0 Å². The number of rotatable bonds is 5. The Morgan fingerprint density at radius 2 is 1.94 bits per heavy atom. The first-order chi connectivity index (χ1) is 15.2. The summed E-state index contributed by atoms with van der Waals surface area (Å²) in [4.78, 5) is 4.41. The van der Waals surface area contributed by atoms with Gasteiger partial charge in [-0.05, 0) is 56.6 Å². The van der Waals surface area contributed by atoms with E-state index in [9.17, 15) is 17.6 Å². The highest BCUT2D eigenvalue weighted by Gasteiger charge is 2.31. The van der Waals surface area contributed by atoms with Gasteiger partial charge >= 0.3 is 6.18 Å². The Labute approximate surface area is 184 Å². The average Bonchev–Trinajstić information content (AvgIpc) is 3.17. The standard InChI is InChI=1S/C23H26F4N4O/c1-30-10-8-15(9-11-30)13-31(2)22-18-12-16(6-7-20(18)28-29-22)17-4-3-5-19(24)21(17)32-14-23(25,26)27/h3-6,12,15H,7-11,13-14H2,1-2H3. The van der Waals surface area contributed by atoms with E-state index in [4.69, 9.17) is 4.74 Å². The summed E-state index contributed by atoms with van der Waals surface area (Å²) in [7, 11) is 4.11. The predicted octanol–water partition coefficient (Wildman–Crippen LogP) is 4.52. The SMILES string of the molecule is CN1CCC(CN(C)C2=NN=C3CC=C(c4cccc(F)c4OCC(F)(F)F)C=C32)CC1. The zero-order valence-corrected chi connectivity index (χ0v) is 18.1. The number of fused-ring (bicyclic) bond motifs is 1. The van der Waals surface area contributed by atoms with Gasteiger partial charge in [0, 0.05) is 31.1 Å². The molecule has 2 aliphatic heterocycles. The van der Waals surface area contributed by atoms with E-state index in [0.29, 0.717) is 17.9 Å². The number of nitrogens with zero attached hydrogens (tertiary/aromatic N) is 4. The van der Waals surface area contributed by atoms with Crippen LogP contribution in [0.15, 0.2) is 46.1 Å². The molecule has 1 aromatic carbocycles. The Bertz CT molecular complexity index is 988. The van der Waals surface area contributed by atoms with Gasteiger partial charge in [-0.1, -0.05) is 18.2 Å². The predicted molar refractivity (Wildman–Crippen MR) is 116 cm³/mol. The third-order valence-electron chi connectivity index (χ3n) is 6.02. The van der Waals surface area contributed by atoms with Gasteiger partial charge in [-0.3, -0.25) is 0 Å². The van der Waals surface area contributed by atoms with E-state index in [1.54, 1.807) is 6.07 Å². The highest BCUT2D eigenvalue weighted by atomic mass is 19.4. The largest absolute Gasteiger partial charge is 0.480 e. The molecule has 1 aliphatic carbocycles. The molecular weight excluding hydrogens is 424 g/mol. The summed E-state index contributed by atoms with van der Waals surface area (Å²) < 4.78 is 57.2. The van der Waals surface area contributed by atoms with Gasteiger partial charge in [0.15, 0.2) is 24.0 Å². The van der Waals surface area contributed by atoms with Gasteiger partial charge in [-0.2, -0.15) is 18.3 Å². The van der Waals surface area contributed by atoms with Crippen LogP contribution in [0.2, 0.25) is 0 Å². The number of piperidine rings is 1. The van der Waals surface area contributed by atoms with Crippen molar-refractivity contribution in [2.24, 2.45) is 16.1 Å². The van der Waals surface area contributed by atoms with Crippen molar-refractivity contribution in [2.45, 2.75) is 25.4 Å². The van der Waals surface area contributed by atoms with Crippen LogP contribution in [0.25, 0.3) is 5.57 Å². The number of benzene rings is 1. The molecule has 172 valence electrons. The van der Waals surface area contributed by atoms with Crippen LogP contribution in [0.5, 0.6) is 5.75 Å². The fourth-order valence-electron chi connectivity index (χ4n) is 4.29. The Hall–Kier alpha value is -2.68. The molecule has 0 aromatic heterocycles. The van der Waals surface area contributed by atoms with Crippen molar-refractivity contribution in [3.05, 3.63) is 47.3 Å². The Morgan fingerprint density at radius 3 is 2.66 bits per heavy atom. The molecule has 0 bridgehead atoms. The fourth-order valence-corrected chi connectivity index (χ4v) is 4.29. The molecule has 1 aromatic rings. The number of alkyl halides is 3. The van der Waals surface area contributed by atoms with Crippen molar-refractivity contribution in [1.29, 1.82) is 0 Å². The van der Waals surface area contributed by atoms with Crippen LogP contribution < -0.4 is 4.74 Å². The maximum atomic E-state index is 14.3. The number of amidine groups is 1. The van der Waals surface area contributed by atoms with Crippen molar-refractivity contribution in [1.82, 2.24) is 9.80 Å². The number of likely N-dealkylation sites (tertiary alicyclic amines) is 1. The minimum Gasteiger partial charge on any atom is -0.480 e. The van der Waals surface area contributed by atoms with Crippen molar-refractivity contribution < 1.29 is 22.3 Å². The van der Waals surface area contributed by atoms with E-state index in [0.717, 1.165) is 55.7 Å². The third kappa shape index (κ3) is 5.03. The van der Waals surface area contributed by atoms with Gasteiger partial charge in [0.05, 0.1) is 5.71 Å². The number of halogens is 4. The number of ether oxygens (including phenoxy) is 1. The van der Waals surface area contributed by atoms with Crippen molar-refractivity contribution in [3.63, 3.8) is 0 Å². The molecule has 0 saturated carbocycles. The van der Waals surface area contributed by atoms with Gasteiger partial charge in [0.25, 0.3) is 0 Å². The van der Waals surface area contributed by atoms with Crippen molar-refractivity contribution in [3.8, 4) is 5.75 Å². The molecule has 2 heterocycles. The normalized spacial score (nSPS) is 19.7. The fraction of sp³-hybridized carbons (Fsp3) is 0.478. The number of allylic oxidation sites excluding steroid dienone is 3. The molecule has 0 N–H and O–H groups in total. The maximum Gasteiger partial charge on any atom is 0.422 e. The second-order valence-electron chi connectivity index (χ2n) is 8.54. The lowest BCUT2D eigenvalue weighted by Gasteiger charge is -2.32. The Kier molecular flexibility index (Phi) is 6.37. The second kappa shape index (κ2) is 9.05. The summed E-state index contributed by atoms with van der Waals surface area (Å²) in [5.74, 6) is 0.0705. The molecule has 1 saturated heterocycles. The minimum absolute atomic E-state index is 0.282. The molecule has 9 heteroatoms. The van der Waals surface area contributed by atoms with Crippen LogP contribution >= 0.6 is 0 Å². The van der Waals surface area contributed by atoms with Gasteiger partial charge in [-0.25, -0.2) is 4.39 Å². The smallest absolute Gasteiger partial charge is 0.422 e. The van der Waals surface area contributed by atoms with E-state index < -0.39 is 24.3 Å². The highest BCUT2D eigenvalue weighted by molar-refractivity contribution is 6.28. The lowest BCUT2D eigenvalue weighted by atomic mass is 9.91. The third-order valence-corrected chi connectivity index (χ3v) is 6.02. The van der Waals surface area contributed by atoms with Gasteiger partial charge in [-0.15, -0.1) is 5.10 Å². The summed E-state index contributed by atoms with van der Waals surface area (Å²) in [6.45, 7) is 1.44. The van der Waals surface area contributed by atoms with Crippen LogP contribution in [0.4, 0.5) is 17.6 Å². The monoisotopic (exact) mass is 450 g/mol. The van der Waals surface area contributed by atoms with Crippen molar-refractivity contribution in [2.75, 3.05) is 40.3 Å². The summed E-state index contributed by atoms with van der Waals surface area (Å²) in [5.41, 5.74) is 2.50. The highest BCUT2D eigenvalue weighted by Crippen LogP contribution is 2.35. The summed E-state index contributed by atoms with van der Waals surface area (Å²) in [5, 5.41) is 8.65. The maximum absolute atomic E-state index is 14.3. The lowest BCUT2D eigenvalue weighted by molar-refractivity contribution is -0.153. The Morgan fingerprint density at radius 1 is 1.19 bits per heavy atom. The molecule has 5 nitrogen and oxygen atoms in total. The number of hydrogen-bond acceptors (Lipinski definition) is 5. The number of para-hydroxylation sites is 1. The lowest BCUT2D eigenvalue weighted by Crippen LogP contribution is -2.38. The molecule has 32 heavy (non-hydrogen) atoms. The summed E-state index contributed by atoms with van der Waals surface area (Å²) >= 11 is 0. The van der Waals surface area contributed by atoms with E-state index in [2.05, 4.69) is 27.1 Å². The molecule has 1 fully saturated rings. The van der Waals surface area contributed by atoms with E-state index >= 15 is 0 Å². The minimum atomic E-state index is -4.55. The topological polar surface area (TPSA) is 40.4 Å². The zero-order chi connectivity index (χ0) is 22.9. The van der Waals surface area contributed by atoms with Crippen LogP contribution in [-0.2, 0) is 0 Å². The first kappa shape index (κ1) is 22.5. The zero-order valence-electron chi connectivity index (χ0n) is 18.1. The molecule has 0 spiro atoms. The summed E-state index contributed by atoms with van der Waals surface area (Å²) in [6.07, 6.45) is 1.78. The van der Waals surface area contributed by atoms with Crippen molar-refractivity contribution >= 4 is 17.1 Å². The molecule has 3 aliphatic rings. The van der Waals surface area contributed by atoms with E-state index in [-0.39, 0.29) is 5.56 Å².